The average molecular weight is 385 g/mol. The van der Waals surface area contributed by atoms with Gasteiger partial charge in [-0.25, -0.2) is 9.29 Å². The number of hydrogen-bond donors (Lipinski definition) is 0. The van der Waals surface area contributed by atoms with Gasteiger partial charge in [0.1, 0.15) is 5.82 Å². The fourth-order valence-corrected chi connectivity index (χ4v) is 3.78. The quantitative estimate of drug-likeness (QED) is 0.753. The lowest BCUT2D eigenvalue weighted by Crippen LogP contribution is -2.44. The van der Waals surface area contributed by atoms with E-state index < -0.39 is 6.04 Å². The maximum atomic E-state index is 13.1. The van der Waals surface area contributed by atoms with E-state index in [0.717, 1.165) is 17.6 Å². The lowest BCUT2D eigenvalue weighted by molar-refractivity contribution is -0.122. The molecule has 1 unspecified atom stereocenters. The Kier molecular flexibility index (Phi) is 4.81. The van der Waals surface area contributed by atoms with Crippen LogP contribution in [0.4, 0.5) is 10.1 Å². The van der Waals surface area contributed by atoms with Crippen molar-refractivity contribution in [2.75, 3.05) is 18.0 Å². The highest BCUT2D eigenvalue weighted by Crippen LogP contribution is 2.30. The van der Waals surface area contributed by atoms with Crippen LogP contribution in [0.2, 0.25) is 5.02 Å². The number of imide groups is 1. The van der Waals surface area contributed by atoms with Gasteiger partial charge in [-0.1, -0.05) is 29.8 Å². The maximum Gasteiger partial charge on any atom is 0.251 e. The van der Waals surface area contributed by atoms with E-state index in [1.54, 1.807) is 36.4 Å². The Morgan fingerprint density at radius 2 is 1.70 bits per heavy atom. The molecule has 0 bridgehead atoms. The summed E-state index contributed by atoms with van der Waals surface area (Å²) in [5.74, 6) is -0.643. The molecule has 0 aromatic heterocycles. The van der Waals surface area contributed by atoms with Gasteiger partial charge in [0.25, 0.3) is 5.91 Å². The normalized spacial score (nSPS) is 20.9. The van der Waals surface area contributed by atoms with Crippen molar-refractivity contribution in [3.63, 3.8) is 0 Å². The summed E-state index contributed by atoms with van der Waals surface area (Å²) >= 11 is 5.89. The number of amides is 2. The lowest BCUT2D eigenvalue weighted by atomic mass is 9.98. The molecule has 2 aliphatic rings. The minimum absolute atomic E-state index is 0.182. The molecule has 1 fully saturated rings. The summed E-state index contributed by atoms with van der Waals surface area (Å²) in [6, 6.07) is 12.7. The Morgan fingerprint density at radius 3 is 2.33 bits per heavy atom. The van der Waals surface area contributed by atoms with E-state index in [9.17, 15) is 14.0 Å². The van der Waals surface area contributed by atoms with Gasteiger partial charge in [0.15, 0.2) is 0 Å². The number of carbonyl (C=O) groups excluding carboxylic acids is 2. The van der Waals surface area contributed by atoms with Crippen LogP contribution >= 0.6 is 11.6 Å². The van der Waals surface area contributed by atoms with Crippen LogP contribution in [-0.2, 0) is 9.59 Å². The Bertz CT molecular complexity index is 909. The first-order valence-corrected chi connectivity index (χ1v) is 9.22. The highest BCUT2D eigenvalue weighted by molar-refractivity contribution is 6.30. The molecule has 138 valence electrons. The molecular weight excluding hydrogens is 367 g/mol. The van der Waals surface area contributed by atoms with E-state index in [1.165, 1.54) is 17.0 Å². The molecule has 27 heavy (non-hydrogen) atoms. The standard InChI is InChI=1S/C21H18ClFN2O2/c22-16-3-7-18(8-4-16)25-20(26)13-19(21(25)27)24-11-9-15(10-12-24)14-1-5-17(23)6-2-14/h1-9,19H,10-13H2. The van der Waals surface area contributed by atoms with Crippen LogP contribution in [0.15, 0.2) is 54.6 Å². The molecule has 2 aromatic rings. The lowest BCUT2D eigenvalue weighted by Gasteiger charge is -2.30. The smallest absolute Gasteiger partial charge is 0.251 e. The summed E-state index contributed by atoms with van der Waals surface area (Å²) in [6.07, 6.45) is 2.99. The van der Waals surface area contributed by atoms with E-state index >= 15 is 0 Å². The predicted molar refractivity (Wildman–Crippen MR) is 103 cm³/mol. The Labute approximate surface area is 161 Å². The van der Waals surface area contributed by atoms with Gasteiger partial charge in [0.2, 0.25) is 5.91 Å². The molecule has 0 spiro atoms. The number of halogens is 2. The van der Waals surface area contributed by atoms with E-state index in [4.69, 9.17) is 11.6 Å². The van der Waals surface area contributed by atoms with Crippen molar-refractivity contribution in [3.8, 4) is 0 Å². The zero-order valence-electron chi connectivity index (χ0n) is 14.6. The maximum absolute atomic E-state index is 13.1. The van der Waals surface area contributed by atoms with Crippen LogP contribution in [0.1, 0.15) is 18.4 Å². The first-order valence-electron chi connectivity index (χ1n) is 8.84. The van der Waals surface area contributed by atoms with E-state index in [-0.39, 0.29) is 24.1 Å². The second kappa shape index (κ2) is 7.25. The monoisotopic (exact) mass is 384 g/mol. The summed E-state index contributed by atoms with van der Waals surface area (Å²) in [5, 5.41) is 0.559. The van der Waals surface area contributed by atoms with Crippen molar-refractivity contribution in [2.24, 2.45) is 0 Å². The largest absolute Gasteiger partial charge is 0.287 e. The zero-order valence-corrected chi connectivity index (χ0v) is 15.3. The average Bonchev–Trinajstić information content (AvgIpc) is 2.98. The van der Waals surface area contributed by atoms with Gasteiger partial charge >= 0.3 is 0 Å². The van der Waals surface area contributed by atoms with Crippen LogP contribution < -0.4 is 4.90 Å². The summed E-state index contributed by atoms with van der Waals surface area (Å²) in [7, 11) is 0. The molecule has 0 saturated carbocycles. The minimum Gasteiger partial charge on any atom is -0.287 e. The number of anilines is 1. The predicted octanol–water partition coefficient (Wildman–Crippen LogP) is 3.90. The van der Waals surface area contributed by atoms with Gasteiger partial charge < -0.3 is 0 Å². The third kappa shape index (κ3) is 3.53. The second-order valence-electron chi connectivity index (χ2n) is 6.74. The number of carbonyl (C=O) groups is 2. The molecule has 2 heterocycles. The molecule has 4 nitrogen and oxygen atoms in total. The number of nitrogens with zero attached hydrogens (tertiary/aromatic N) is 2. The Hall–Kier alpha value is -2.50. The van der Waals surface area contributed by atoms with E-state index in [1.807, 2.05) is 4.90 Å². The van der Waals surface area contributed by atoms with Gasteiger partial charge in [-0.15, -0.1) is 0 Å². The molecule has 4 rings (SSSR count). The molecule has 2 aliphatic heterocycles. The molecule has 0 N–H and O–H groups in total. The molecule has 1 saturated heterocycles. The van der Waals surface area contributed by atoms with Crippen molar-refractivity contribution in [1.82, 2.24) is 4.90 Å². The van der Waals surface area contributed by atoms with Crippen molar-refractivity contribution in [3.05, 3.63) is 71.0 Å². The first kappa shape index (κ1) is 17.9. The van der Waals surface area contributed by atoms with Crippen molar-refractivity contribution in [1.29, 1.82) is 0 Å². The Morgan fingerprint density at radius 1 is 1.00 bits per heavy atom. The highest BCUT2D eigenvalue weighted by atomic mass is 35.5. The van der Waals surface area contributed by atoms with Crippen molar-refractivity contribution in [2.45, 2.75) is 18.9 Å². The Balaban J connectivity index is 1.48. The minimum atomic E-state index is -0.445. The second-order valence-corrected chi connectivity index (χ2v) is 7.18. The van der Waals surface area contributed by atoms with Crippen LogP contribution in [-0.4, -0.2) is 35.8 Å². The highest BCUT2D eigenvalue weighted by Gasteiger charge is 2.42. The third-order valence-corrected chi connectivity index (χ3v) is 5.36. The fourth-order valence-electron chi connectivity index (χ4n) is 3.66. The van der Waals surface area contributed by atoms with Crippen LogP contribution in [0.25, 0.3) is 5.57 Å². The topological polar surface area (TPSA) is 40.6 Å². The molecule has 1 atom stereocenters. The van der Waals surface area contributed by atoms with Gasteiger partial charge in [-0.2, -0.15) is 0 Å². The van der Waals surface area contributed by atoms with Crippen molar-refractivity contribution < 1.29 is 14.0 Å². The van der Waals surface area contributed by atoms with Gasteiger partial charge in [0.05, 0.1) is 18.2 Å². The number of hydrogen-bond acceptors (Lipinski definition) is 3. The molecule has 0 aliphatic carbocycles. The van der Waals surface area contributed by atoms with Gasteiger partial charge in [-0.3, -0.25) is 14.5 Å². The van der Waals surface area contributed by atoms with Gasteiger partial charge in [-0.05, 0) is 54.0 Å². The van der Waals surface area contributed by atoms with Crippen LogP contribution in [0.3, 0.4) is 0 Å². The fraction of sp³-hybridized carbons (Fsp3) is 0.238. The van der Waals surface area contributed by atoms with Crippen molar-refractivity contribution >= 4 is 34.7 Å². The molecule has 6 heteroatoms. The van der Waals surface area contributed by atoms with Gasteiger partial charge in [0, 0.05) is 18.1 Å². The summed E-state index contributed by atoms with van der Waals surface area (Å²) in [4.78, 5) is 28.6. The zero-order chi connectivity index (χ0) is 19.0. The van der Waals surface area contributed by atoms with E-state index in [2.05, 4.69) is 6.08 Å². The van der Waals surface area contributed by atoms with E-state index in [0.29, 0.717) is 23.8 Å². The summed E-state index contributed by atoms with van der Waals surface area (Å²) in [6.45, 7) is 1.27. The van der Waals surface area contributed by atoms with Crippen LogP contribution in [0, 0.1) is 5.82 Å². The summed E-state index contributed by atoms with van der Waals surface area (Å²) in [5.41, 5.74) is 2.68. The first-order chi connectivity index (χ1) is 13.0. The molecule has 2 aromatic carbocycles. The SMILES string of the molecule is O=C1CC(N2CC=C(c3ccc(F)cc3)CC2)C(=O)N1c1ccc(Cl)cc1. The number of benzene rings is 2. The third-order valence-electron chi connectivity index (χ3n) is 5.10. The summed E-state index contributed by atoms with van der Waals surface area (Å²) < 4.78 is 13.1. The molecular formula is C21H18ClFN2O2. The molecule has 2 amide bonds. The number of rotatable bonds is 3. The van der Waals surface area contributed by atoms with Crippen LogP contribution in [0.5, 0.6) is 0 Å². The molecule has 0 radical (unpaired) electrons.